The number of nitrogens with zero attached hydrogens (tertiary/aromatic N) is 5. The van der Waals surface area contributed by atoms with Crippen LogP contribution in [0.15, 0.2) is 51.4 Å². The molecule has 0 aliphatic carbocycles. The maximum atomic E-state index is 4.30. The van der Waals surface area contributed by atoms with Gasteiger partial charge < -0.3 is 0 Å². The van der Waals surface area contributed by atoms with E-state index in [4.69, 9.17) is 0 Å². The number of aromatic nitrogens is 5. The van der Waals surface area contributed by atoms with Gasteiger partial charge in [-0.1, -0.05) is 30.3 Å². The van der Waals surface area contributed by atoms with Gasteiger partial charge in [-0.2, -0.15) is 4.80 Å². The van der Waals surface area contributed by atoms with Crippen molar-refractivity contribution in [1.82, 2.24) is 25.2 Å². The third-order valence-corrected chi connectivity index (χ3v) is 3.92. The summed E-state index contributed by atoms with van der Waals surface area (Å²) in [6.45, 7) is 0.631. The zero-order valence-electron chi connectivity index (χ0n) is 9.30. The molecule has 18 heavy (non-hydrogen) atoms. The second-order valence-electron chi connectivity index (χ2n) is 3.49. The van der Waals surface area contributed by atoms with Gasteiger partial charge in [-0.15, -0.1) is 21.5 Å². The van der Waals surface area contributed by atoms with Crippen molar-refractivity contribution in [3.63, 3.8) is 0 Å². The Balaban J connectivity index is 1.70. The Hall–Kier alpha value is -1.73. The molecule has 1 aromatic carbocycles. The molecular weight excluding hydrogens is 266 g/mol. The lowest BCUT2D eigenvalue weighted by molar-refractivity contribution is 0.569. The van der Waals surface area contributed by atoms with Gasteiger partial charge in [-0.05, 0) is 22.5 Å². The van der Waals surface area contributed by atoms with Crippen LogP contribution in [-0.4, -0.2) is 25.2 Å². The summed E-state index contributed by atoms with van der Waals surface area (Å²) in [6, 6.07) is 10.1. The van der Waals surface area contributed by atoms with Gasteiger partial charge in [0.2, 0.25) is 5.16 Å². The van der Waals surface area contributed by atoms with Crippen molar-refractivity contribution in [2.75, 3.05) is 0 Å². The molecule has 0 N–H and O–H groups in total. The second kappa shape index (κ2) is 5.28. The molecule has 0 bridgehead atoms. The Morgan fingerprint density at radius 3 is 2.89 bits per heavy atom. The predicted molar refractivity (Wildman–Crippen MR) is 69.6 cm³/mol. The number of rotatable bonds is 4. The van der Waals surface area contributed by atoms with E-state index in [1.165, 1.54) is 11.8 Å². The van der Waals surface area contributed by atoms with E-state index < -0.39 is 0 Å². The molecular formula is C11H9N5S2. The average Bonchev–Trinajstić information content (AvgIpc) is 3.03. The van der Waals surface area contributed by atoms with Crippen LogP contribution in [0, 0.1) is 0 Å². The summed E-state index contributed by atoms with van der Waals surface area (Å²) in [7, 11) is 0. The minimum Gasteiger partial charge on any atom is -0.238 e. The van der Waals surface area contributed by atoms with Crippen molar-refractivity contribution in [3.8, 4) is 0 Å². The fourth-order valence-corrected chi connectivity index (χ4v) is 2.85. The first-order valence-electron chi connectivity index (χ1n) is 5.29. The van der Waals surface area contributed by atoms with Crippen LogP contribution >= 0.6 is 23.1 Å². The fraction of sp³-hybridized carbons (Fsp3) is 0.0909. The van der Waals surface area contributed by atoms with Crippen molar-refractivity contribution in [2.45, 2.75) is 16.0 Å². The lowest BCUT2D eigenvalue weighted by Gasteiger charge is -1.97. The summed E-state index contributed by atoms with van der Waals surface area (Å²) in [6.07, 6.45) is 1.77. The quantitative estimate of drug-likeness (QED) is 0.731. The number of benzene rings is 1. The van der Waals surface area contributed by atoms with Crippen molar-refractivity contribution in [2.24, 2.45) is 0 Å². The Kier molecular flexibility index (Phi) is 3.33. The molecule has 0 atom stereocenters. The highest BCUT2D eigenvalue weighted by Gasteiger charge is 2.06. The van der Waals surface area contributed by atoms with Gasteiger partial charge in [0.05, 0.1) is 6.54 Å². The number of thiazole rings is 1. The maximum absolute atomic E-state index is 4.30. The summed E-state index contributed by atoms with van der Waals surface area (Å²) in [4.78, 5) is 5.76. The molecule has 0 unspecified atom stereocenters. The van der Waals surface area contributed by atoms with E-state index in [2.05, 4.69) is 20.4 Å². The fourth-order valence-electron chi connectivity index (χ4n) is 1.42. The molecule has 0 saturated heterocycles. The molecule has 0 aliphatic rings. The molecule has 90 valence electrons. The zero-order valence-corrected chi connectivity index (χ0v) is 10.9. The van der Waals surface area contributed by atoms with E-state index in [0.29, 0.717) is 11.7 Å². The Labute approximate surface area is 112 Å². The number of hydrogen-bond donors (Lipinski definition) is 0. The first-order chi connectivity index (χ1) is 8.90. The molecule has 2 heterocycles. The summed E-state index contributed by atoms with van der Waals surface area (Å²) in [5, 5.41) is 14.9. The third-order valence-electron chi connectivity index (χ3n) is 2.19. The van der Waals surface area contributed by atoms with Crippen LogP contribution in [0.3, 0.4) is 0 Å². The molecule has 3 aromatic rings. The Bertz CT molecular complexity index is 605. The minimum absolute atomic E-state index is 0.626. The first kappa shape index (κ1) is 11.4. The Morgan fingerprint density at radius 1 is 1.22 bits per heavy atom. The minimum atomic E-state index is 0.626. The van der Waals surface area contributed by atoms with Crippen molar-refractivity contribution in [1.29, 1.82) is 0 Å². The second-order valence-corrected chi connectivity index (χ2v) is 5.60. The van der Waals surface area contributed by atoms with E-state index in [-0.39, 0.29) is 0 Å². The Morgan fingerprint density at radius 2 is 2.11 bits per heavy atom. The summed E-state index contributed by atoms with van der Waals surface area (Å²) >= 11 is 2.99. The highest BCUT2D eigenvalue weighted by Crippen LogP contribution is 2.25. The predicted octanol–water partition coefficient (Wildman–Crippen LogP) is 2.33. The smallest absolute Gasteiger partial charge is 0.238 e. The summed E-state index contributed by atoms with van der Waals surface area (Å²) in [5.74, 6) is 0. The van der Waals surface area contributed by atoms with Gasteiger partial charge in [0, 0.05) is 11.6 Å². The standard InChI is InChI=1S/C11H9N5S2/c1-2-4-9(5-3-1)8-16-14-10(13-15-16)18-11-12-6-7-17-11/h1-7H,8H2. The van der Waals surface area contributed by atoms with Crippen LogP contribution in [0.2, 0.25) is 0 Å². The molecule has 3 rings (SSSR count). The lowest BCUT2D eigenvalue weighted by atomic mass is 10.2. The van der Waals surface area contributed by atoms with Crippen LogP contribution in [-0.2, 0) is 6.54 Å². The van der Waals surface area contributed by atoms with E-state index in [0.717, 1.165) is 9.90 Å². The van der Waals surface area contributed by atoms with Gasteiger partial charge in [-0.3, -0.25) is 0 Å². The van der Waals surface area contributed by atoms with Crippen LogP contribution < -0.4 is 0 Å². The molecule has 0 fully saturated rings. The highest BCUT2D eigenvalue weighted by atomic mass is 32.2. The monoisotopic (exact) mass is 275 g/mol. The molecule has 2 aromatic heterocycles. The van der Waals surface area contributed by atoms with Gasteiger partial charge >= 0.3 is 0 Å². The number of tetrazole rings is 1. The first-order valence-corrected chi connectivity index (χ1v) is 6.99. The molecule has 7 heteroatoms. The summed E-state index contributed by atoms with van der Waals surface area (Å²) in [5.41, 5.74) is 1.15. The molecule has 0 amide bonds. The molecule has 0 aliphatic heterocycles. The van der Waals surface area contributed by atoms with Crippen molar-refractivity contribution >= 4 is 23.1 Å². The van der Waals surface area contributed by atoms with Crippen molar-refractivity contribution < 1.29 is 0 Å². The normalized spacial score (nSPS) is 10.7. The van der Waals surface area contributed by atoms with Crippen LogP contribution in [0.1, 0.15) is 5.56 Å². The highest BCUT2D eigenvalue weighted by molar-refractivity contribution is 8.00. The summed E-state index contributed by atoms with van der Waals surface area (Å²) < 4.78 is 0.925. The lowest BCUT2D eigenvalue weighted by Crippen LogP contribution is -2.03. The molecule has 5 nitrogen and oxygen atoms in total. The van der Waals surface area contributed by atoms with Crippen LogP contribution in [0.25, 0.3) is 0 Å². The van der Waals surface area contributed by atoms with Gasteiger partial charge in [0.15, 0.2) is 4.34 Å². The van der Waals surface area contributed by atoms with Crippen LogP contribution in [0.4, 0.5) is 0 Å². The van der Waals surface area contributed by atoms with E-state index in [9.17, 15) is 0 Å². The molecule has 0 saturated carbocycles. The van der Waals surface area contributed by atoms with Gasteiger partial charge in [-0.25, -0.2) is 4.98 Å². The SMILES string of the molecule is c1ccc(Cn2nnc(Sc3nccs3)n2)cc1. The van der Waals surface area contributed by atoms with Crippen LogP contribution in [0.5, 0.6) is 0 Å². The van der Waals surface area contributed by atoms with Crippen molar-refractivity contribution in [3.05, 3.63) is 47.5 Å². The molecule has 0 spiro atoms. The van der Waals surface area contributed by atoms with E-state index in [1.807, 2.05) is 35.7 Å². The van der Waals surface area contributed by atoms with Gasteiger partial charge in [0.25, 0.3) is 0 Å². The third kappa shape index (κ3) is 2.74. The zero-order chi connectivity index (χ0) is 12.2. The average molecular weight is 275 g/mol. The molecule has 0 radical (unpaired) electrons. The largest absolute Gasteiger partial charge is 0.238 e. The van der Waals surface area contributed by atoms with E-state index >= 15 is 0 Å². The van der Waals surface area contributed by atoms with E-state index in [1.54, 1.807) is 22.3 Å². The number of hydrogen-bond acceptors (Lipinski definition) is 6. The maximum Gasteiger partial charge on any atom is 0.238 e. The topological polar surface area (TPSA) is 56.5 Å². The van der Waals surface area contributed by atoms with Gasteiger partial charge in [0.1, 0.15) is 0 Å².